The summed E-state index contributed by atoms with van der Waals surface area (Å²) in [6.45, 7) is 2.07. The molecular weight excluding hydrogens is 226 g/mol. The molecule has 1 aromatic carbocycles. The van der Waals surface area contributed by atoms with E-state index < -0.39 is 0 Å². The molecule has 2 heterocycles. The number of hydrogen-bond donors (Lipinski definition) is 2. The normalized spacial score (nSPS) is 10.7. The van der Waals surface area contributed by atoms with Crippen LogP contribution in [-0.4, -0.2) is 20.2 Å². The molecule has 3 rings (SSSR count). The van der Waals surface area contributed by atoms with Crippen LogP contribution in [0.2, 0.25) is 0 Å². The van der Waals surface area contributed by atoms with Gasteiger partial charge in [0.05, 0.1) is 5.52 Å². The van der Waals surface area contributed by atoms with E-state index in [2.05, 4.69) is 38.7 Å². The van der Waals surface area contributed by atoms with Crippen LogP contribution in [0.15, 0.2) is 30.3 Å². The van der Waals surface area contributed by atoms with Crippen LogP contribution in [-0.2, 0) is 6.42 Å². The number of nitrogens with zero attached hydrogens (tertiary/aromatic N) is 3. The fourth-order valence-electron chi connectivity index (χ4n) is 1.78. The molecule has 0 bridgehead atoms. The summed E-state index contributed by atoms with van der Waals surface area (Å²) in [5.41, 5.74) is 1.95. The SMILES string of the molecule is CCc1cc(Nc2n[c]nc3ccccc23)n[nH]1. The van der Waals surface area contributed by atoms with Gasteiger partial charge in [0.2, 0.25) is 0 Å². The van der Waals surface area contributed by atoms with Crippen molar-refractivity contribution in [3.8, 4) is 0 Å². The van der Waals surface area contributed by atoms with E-state index in [9.17, 15) is 0 Å². The minimum atomic E-state index is 0.717. The first-order chi connectivity index (χ1) is 8.86. The number of aryl methyl sites for hydroxylation is 1. The molecule has 1 radical (unpaired) electrons. The highest BCUT2D eigenvalue weighted by Crippen LogP contribution is 2.21. The van der Waals surface area contributed by atoms with Crippen LogP contribution >= 0.6 is 0 Å². The third kappa shape index (κ3) is 1.90. The van der Waals surface area contributed by atoms with Crippen LogP contribution in [0.5, 0.6) is 0 Å². The summed E-state index contributed by atoms with van der Waals surface area (Å²) < 4.78 is 0. The van der Waals surface area contributed by atoms with E-state index in [4.69, 9.17) is 0 Å². The molecule has 3 aromatic rings. The molecule has 89 valence electrons. The molecule has 0 aliphatic rings. The smallest absolute Gasteiger partial charge is 0.200 e. The van der Waals surface area contributed by atoms with Crippen molar-refractivity contribution in [2.24, 2.45) is 0 Å². The maximum absolute atomic E-state index is 4.18. The monoisotopic (exact) mass is 238 g/mol. The molecular formula is C13H12N5. The molecule has 0 aliphatic heterocycles. The van der Waals surface area contributed by atoms with Crippen LogP contribution in [0.4, 0.5) is 11.6 Å². The molecule has 0 saturated carbocycles. The third-order valence-corrected chi connectivity index (χ3v) is 2.75. The Hall–Kier alpha value is -2.43. The van der Waals surface area contributed by atoms with Gasteiger partial charge in [0.1, 0.15) is 5.82 Å². The van der Waals surface area contributed by atoms with Gasteiger partial charge in [0.15, 0.2) is 12.1 Å². The number of fused-ring (bicyclic) bond motifs is 1. The minimum Gasteiger partial charge on any atom is -0.323 e. The van der Waals surface area contributed by atoms with Gasteiger partial charge in [-0.15, -0.1) is 0 Å². The highest BCUT2D eigenvalue weighted by molar-refractivity contribution is 5.89. The van der Waals surface area contributed by atoms with Crippen molar-refractivity contribution >= 4 is 22.5 Å². The fraction of sp³-hybridized carbons (Fsp3) is 0.154. The molecule has 0 unspecified atom stereocenters. The predicted molar refractivity (Wildman–Crippen MR) is 69.6 cm³/mol. The van der Waals surface area contributed by atoms with Crippen molar-refractivity contribution in [1.82, 2.24) is 20.2 Å². The lowest BCUT2D eigenvalue weighted by Gasteiger charge is -2.04. The third-order valence-electron chi connectivity index (χ3n) is 2.75. The predicted octanol–water partition coefficient (Wildman–Crippen LogP) is 2.46. The van der Waals surface area contributed by atoms with E-state index in [0.717, 1.165) is 34.7 Å². The first-order valence-corrected chi connectivity index (χ1v) is 5.81. The second kappa shape index (κ2) is 4.44. The summed E-state index contributed by atoms with van der Waals surface area (Å²) in [5, 5.41) is 11.3. The molecule has 5 nitrogen and oxygen atoms in total. The van der Waals surface area contributed by atoms with Gasteiger partial charge in [0.25, 0.3) is 0 Å². The lowest BCUT2D eigenvalue weighted by molar-refractivity contribution is 0.975. The number of rotatable bonds is 3. The van der Waals surface area contributed by atoms with E-state index >= 15 is 0 Å². The summed E-state index contributed by atoms with van der Waals surface area (Å²) in [5.74, 6) is 1.47. The Morgan fingerprint density at radius 1 is 1.28 bits per heavy atom. The van der Waals surface area contributed by atoms with Crippen molar-refractivity contribution in [1.29, 1.82) is 0 Å². The minimum absolute atomic E-state index is 0.717. The average Bonchev–Trinajstić information content (AvgIpc) is 2.87. The summed E-state index contributed by atoms with van der Waals surface area (Å²) in [7, 11) is 0. The number of nitrogens with one attached hydrogen (secondary N) is 2. The Kier molecular flexibility index (Phi) is 2.64. The summed E-state index contributed by atoms with van der Waals surface area (Å²) in [6.07, 6.45) is 3.57. The molecule has 0 fully saturated rings. The van der Waals surface area contributed by atoms with E-state index in [1.807, 2.05) is 30.3 Å². The Morgan fingerprint density at radius 2 is 2.17 bits per heavy atom. The molecule has 0 saturated heterocycles. The van der Waals surface area contributed by atoms with E-state index in [1.165, 1.54) is 0 Å². The molecule has 5 heteroatoms. The highest BCUT2D eigenvalue weighted by Gasteiger charge is 2.05. The Labute approximate surface area is 104 Å². The average molecular weight is 238 g/mol. The van der Waals surface area contributed by atoms with Crippen LogP contribution < -0.4 is 5.32 Å². The number of aromatic nitrogens is 4. The van der Waals surface area contributed by atoms with Crippen LogP contribution in [0.25, 0.3) is 10.9 Å². The van der Waals surface area contributed by atoms with Crippen molar-refractivity contribution in [3.05, 3.63) is 42.4 Å². The maximum Gasteiger partial charge on any atom is 0.200 e. The van der Waals surface area contributed by atoms with Gasteiger partial charge >= 0.3 is 0 Å². The van der Waals surface area contributed by atoms with Gasteiger partial charge in [0, 0.05) is 17.1 Å². The Balaban J connectivity index is 1.99. The van der Waals surface area contributed by atoms with Crippen molar-refractivity contribution in [3.63, 3.8) is 0 Å². The van der Waals surface area contributed by atoms with Gasteiger partial charge in [-0.1, -0.05) is 19.1 Å². The van der Waals surface area contributed by atoms with E-state index in [1.54, 1.807) is 0 Å². The quantitative estimate of drug-likeness (QED) is 0.735. The number of hydrogen-bond acceptors (Lipinski definition) is 4. The number of anilines is 2. The van der Waals surface area contributed by atoms with Crippen molar-refractivity contribution in [2.75, 3.05) is 5.32 Å². The zero-order valence-electron chi connectivity index (χ0n) is 9.94. The van der Waals surface area contributed by atoms with E-state index in [0.29, 0.717) is 0 Å². The second-order valence-corrected chi connectivity index (χ2v) is 3.95. The lowest BCUT2D eigenvalue weighted by Crippen LogP contribution is -1.96. The van der Waals surface area contributed by atoms with Crippen molar-refractivity contribution in [2.45, 2.75) is 13.3 Å². The van der Waals surface area contributed by atoms with Gasteiger partial charge in [-0.3, -0.25) is 5.10 Å². The topological polar surface area (TPSA) is 66.5 Å². The standard InChI is InChI=1S/C13H12N5/c1-2-9-7-12(18-17-9)16-13-10-5-3-4-6-11(10)14-8-15-13/h3-7H,2H2,1H3,(H2,14,15,16,17,18). The first-order valence-electron chi connectivity index (χ1n) is 5.81. The van der Waals surface area contributed by atoms with Gasteiger partial charge in [-0.05, 0) is 18.6 Å². The molecule has 18 heavy (non-hydrogen) atoms. The molecule has 0 amide bonds. The van der Waals surface area contributed by atoms with Crippen LogP contribution in [0.3, 0.4) is 0 Å². The van der Waals surface area contributed by atoms with Gasteiger partial charge in [-0.2, -0.15) is 5.10 Å². The molecule has 0 atom stereocenters. The molecule has 2 N–H and O–H groups in total. The summed E-state index contributed by atoms with van der Waals surface area (Å²) in [6, 6.07) is 9.77. The summed E-state index contributed by atoms with van der Waals surface area (Å²) in [4.78, 5) is 8.24. The lowest BCUT2D eigenvalue weighted by atomic mass is 10.2. The first kappa shape index (κ1) is 10.7. The second-order valence-electron chi connectivity index (χ2n) is 3.95. The van der Waals surface area contributed by atoms with Crippen molar-refractivity contribution < 1.29 is 0 Å². The molecule has 2 aromatic heterocycles. The number of H-pyrrole nitrogens is 1. The molecule has 0 aliphatic carbocycles. The maximum atomic E-state index is 4.18. The Bertz CT molecular complexity index is 668. The fourth-order valence-corrected chi connectivity index (χ4v) is 1.78. The molecule has 0 spiro atoms. The zero-order valence-corrected chi connectivity index (χ0v) is 9.94. The van der Waals surface area contributed by atoms with Crippen LogP contribution in [0, 0.1) is 6.33 Å². The van der Waals surface area contributed by atoms with Gasteiger partial charge in [-0.25, -0.2) is 9.97 Å². The largest absolute Gasteiger partial charge is 0.323 e. The Morgan fingerprint density at radius 3 is 3.00 bits per heavy atom. The number of benzene rings is 1. The van der Waals surface area contributed by atoms with Crippen LogP contribution in [0.1, 0.15) is 12.6 Å². The van der Waals surface area contributed by atoms with Gasteiger partial charge < -0.3 is 5.32 Å². The summed E-state index contributed by atoms with van der Waals surface area (Å²) >= 11 is 0. The number of aromatic amines is 1. The highest BCUT2D eigenvalue weighted by atomic mass is 15.2. The van der Waals surface area contributed by atoms with E-state index in [-0.39, 0.29) is 0 Å². The number of para-hydroxylation sites is 1. The zero-order chi connectivity index (χ0) is 12.4.